The highest BCUT2D eigenvalue weighted by Crippen LogP contribution is 2.30. The number of aromatic amines is 1. The van der Waals surface area contributed by atoms with Crippen molar-refractivity contribution in [3.05, 3.63) is 35.1 Å². The predicted molar refractivity (Wildman–Crippen MR) is 98.2 cm³/mol. The van der Waals surface area contributed by atoms with Crippen LogP contribution in [0.1, 0.15) is 5.69 Å². The molecule has 28 heavy (non-hydrogen) atoms. The van der Waals surface area contributed by atoms with E-state index in [1.165, 1.54) is 0 Å². The van der Waals surface area contributed by atoms with Gasteiger partial charge in [-0.2, -0.15) is 15.2 Å². The molecule has 2 aliphatic heterocycles. The van der Waals surface area contributed by atoms with E-state index in [1.807, 2.05) is 12.1 Å². The molecule has 4 atom stereocenters. The number of pyridine rings is 1. The molecule has 5 rings (SSSR count). The van der Waals surface area contributed by atoms with Crippen molar-refractivity contribution in [3.8, 4) is 6.01 Å². The van der Waals surface area contributed by atoms with Crippen molar-refractivity contribution in [1.82, 2.24) is 25.1 Å². The second kappa shape index (κ2) is 7.13. The SMILES string of the molecule is O[C@@H]1CO[C@H]2C1OC[C@H]2Oc1nc2nc(NCc3cccnn3)c(Cl)cc2[nH]1. The molecule has 1 unspecified atom stereocenters. The van der Waals surface area contributed by atoms with E-state index in [-0.39, 0.29) is 24.9 Å². The third-order valence-electron chi connectivity index (χ3n) is 4.71. The van der Waals surface area contributed by atoms with E-state index in [1.54, 1.807) is 12.3 Å². The Bertz CT molecular complexity index is 986. The number of hydrogen-bond acceptors (Lipinski definition) is 9. The minimum atomic E-state index is -0.627. The lowest BCUT2D eigenvalue weighted by Crippen LogP contribution is -2.34. The van der Waals surface area contributed by atoms with E-state index in [4.69, 9.17) is 25.8 Å². The summed E-state index contributed by atoms with van der Waals surface area (Å²) >= 11 is 6.32. The van der Waals surface area contributed by atoms with Crippen LogP contribution in [-0.4, -0.2) is 67.9 Å². The average molecular weight is 405 g/mol. The Kier molecular flexibility index (Phi) is 4.47. The number of aliphatic hydroxyl groups is 1. The van der Waals surface area contributed by atoms with Crippen LogP contribution in [0.3, 0.4) is 0 Å². The van der Waals surface area contributed by atoms with Gasteiger partial charge in [-0.3, -0.25) is 0 Å². The number of fused-ring (bicyclic) bond motifs is 2. The van der Waals surface area contributed by atoms with Gasteiger partial charge in [0.25, 0.3) is 6.01 Å². The molecule has 0 amide bonds. The molecule has 2 fully saturated rings. The number of nitrogens with zero attached hydrogens (tertiary/aromatic N) is 4. The van der Waals surface area contributed by atoms with Crippen molar-refractivity contribution in [2.24, 2.45) is 0 Å². The molecule has 2 saturated heterocycles. The summed E-state index contributed by atoms with van der Waals surface area (Å²) < 4.78 is 17.0. The first kappa shape index (κ1) is 17.6. The first-order chi connectivity index (χ1) is 13.7. The van der Waals surface area contributed by atoms with Gasteiger partial charge < -0.3 is 29.6 Å². The first-order valence-corrected chi connectivity index (χ1v) is 9.20. The van der Waals surface area contributed by atoms with Crippen LogP contribution in [0.5, 0.6) is 6.01 Å². The van der Waals surface area contributed by atoms with E-state index >= 15 is 0 Å². The molecule has 3 N–H and O–H groups in total. The average Bonchev–Trinajstić information content (AvgIpc) is 3.38. The fourth-order valence-electron chi connectivity index (χ4n) is 3.37. The highest BCUT2D eigenvalue weighted by Gasteiger charge is 2.48. The summed E-state index contributed by atoms with van der Waals surface area (Å²) in [4.78, 5) is 11.9. The maximum absolute atomic E-state index is 9.82. The third kappa shape index (κ3) is 3.24. The molecule has 11 heteroatoms. The molecule has 0 radical (unpaired) electrons. The Morgan fingerprint density at radius 2 is 2.18 bits per heavy atom. The van der Waals surface area contributed by atoms with Crippen molar-refractivity contribution in [1.29, 1.82) is 0 Å². The van der Waals surface area contributed by atoms with Gasteiger partial charge in [-0.05, 0) is 18.2 Å². The molecular weight excluding hydrogens is 388 g/mol. The summed E-state index contributed by atoms with van der Waals surface area (Å²) in [5.41, 5.74) is 1.87. The number of anilines is 1. The monoisotopic (exact) mass is 404 g/mol. The van der Waals surface area contributed by atoms with Gasteiger partial charge in [-0.25, -0.2) is 4.98 Å². The number of aromatic nitrogens is 5. The van der Waals surface area contributed by atoms with Crippen molar-refractivity contribution in [2.75, 3.05) is 18.5 Å². The number of rotatable bonds is 5. The molecule has 0 spiro atoms. The summed E-state index contributed by atoms with van der Waals surface area (Å²) in [6.45, 7) is 0.998. The van der Waals surface area contributed by atoms with Crippen LogP contribution in [-0.2, 0) is 16.0 Å². The molecule has 146 valence electrons. The minimum absolute atomic E-state index is 0.243. The van der Waals surface area contributed by atoms with Crippen molar-refractivity contribution >= 4 is 28.6 Å². The molecular formula is C17H17ClN6O4. The van der Waals surface area contributed by atoms with Gasteiger partial charge >= 0.3 is 0 Å². The highest BCUT2D eigenvalue weighted by atomic mass is 35.5. The number of H-pyrrole nitrogens is 1. The number of aliphatic hydroxyl groups excluding tert-OH is 1. The normalized spacial score (nSPS) is 26.5. The van der Waals surface area contributed by atoms with E-state index in [0.717, 1.165) is 5.69 Å². The summed E-state index contributed by atoms with van der Waals surface area (Å²) in [6, 6.07) is 5.69. The van der Waals surface area contributed by atoms with E-state index in [0.29, 0.717) is 41.2 Å². The summed E-state index contributed by atoms with van der Waals surface area (Å²) in [5, 5.41) is 21.2. The number of hydrogen-bond donors (Lipinski definition) is 3. The van der Waals surface area contributed by atoms with Gasteiger partial charge in [0.15, 0.2) is 11.8 Å². The van der Waals surface area contributed by atoms with Gasteiger partial charge in [0.05, 0.1) is 36.0 Å². The maximum Gasteiger partial charge on any atom is 0.296 e. The molecule has 2 aliphatic rings. The summed E-state index contributed by atoms with van der Waals surface area (Å²) in [6.07, 6.45) is -0.0473. The second-order valence-corrected chi connectivity index (χ2v) is 7.03. The maximum atomic E-state index is 9.82. The Balaban J connectivity index is 1.32. The predicted octanol–water partition coefficient (Wildman–Crippen LogP) is 0.919. The molecule has 10 nitrogen and oxygen atoms in total. The van der Waals surface area contributed by atoms with Crippen LogP contribution >= 0.6 is 11.6 Å². The van der Waals surface area contributed by atoms with Crippen LogP contribution < -0.4 is 10.1 Å². The molecule has 0 aliphatic carbocycles. The third-order valence-corrected chi connectivity index (χ3v) is 5.00. The van der Waals surface area contributed by atoms with E-state index in [9.17, 15) is 5.11 Å². The van der Waals surface area contributed by atoms with Crippen molar-refractivity contribution < 1.29 is 19.3 Å². The topological polar surface area (TPSA) is 127 Å². The minimum Gasteiger partial charge on any atom is -0.456 e. The quantitative estimate of drug-likeness (QED) is 0.568. The van der Waals surface area contributed by atoms with Gasteiger partial charge in [0.1, 0.15) is 24.1 Å². The van der Waals surface area contributed by atoms with E-state index in [2.05, 4.69) is 30.5 Å². The van der Waals surface area contributed by atoms with Gasteiger partial charge in [0.2, 0.25) is 0 Å². The largest absolute Gasteiger partial charge is 0.456 e. The van der Waals surface area contributed by atoms with Crippen LogP contribution in [0, 0.1) is 0 Å². The lowest BCUT2D eigenvalue weighted by molar-refractivity contribution is 0.00706. The van der Waals surface area contributed by atoms with Gasteiger partial charge in [-0.1, -0.05) is 11.6 Å². The molecule has 0 saturated carbocycles. The lowest BCUT2D eigenvalue weighted by Gasteiger charge is -2.15. The number of imidazole rings is 1. The van der Waals surface area contributed by atoms with E-state index < -0.39 is 6.10 Å². The summed E-state index contributed by atoms with van der Waals surface area (Å²) in [5.74, 6) is 0.490. The molecule has 0 bridgehead atoms. The standard InChI is InChI=1S/C17H17ClN6O4/c18-9-4-10-16(22-15(9)19-5-8-2-1-3-20-24-8)23-17(21-10)28-12-7-27-13-11(25)6-26-14(12)13/h1-4,11-14,25H,5-7H2,(H2,19,21,22,23)/t11-,12-,13?,14-/m1/s1. The zero-order valence-corrected chi connectivity index (χ0v) is 15.3. The lowest BCUT2D eigenvalue weighted by atomic mass is 10.1. The Morgan fingerprint density at radius 1 is 1.29 bits per heavy atom. The number of ether oxygens (including phenoxy) is 3. The van der Waals surface area contributed by atoms with Crippen LogP contribution in [0.2, 0.25) is 5.02 Å². The zero-order chi connectivity index (χ0) is 19.1. The van der Waals surface area contributed by atoms with Crippen LogP contribution in [0.15, 0.2) is 24.4 Å². The number of nitrogens with one attached hydrogen (secondary N) is 2. The first-order valence-electron chi connectivity index (χ1n) is 8.82. The smallest absolute Gasteiger partial charge is 0.296 e. The Hall–Kier alpha value is -2.53. The van der Waals surface area contributed by atoms with Gasteiger partial charge in [0, 0.05) is 6.20 Å². The van der Waals surface area contributed by atoms with Crippen LogP contribution in [0.25, 0.3) is 11.2 Å². The molecule has 0 aromatic carbocycles. The fourth-order valence-corrected chi connectivity index (χ4v) is 3.58. The van der Waals surface area contributed by atoms with Crippen molar-refractivity contribution in [2.45, 2.75) is 31.0 Å². The van der Waals surface area contributed by atoms with Crippen LogP contribution in [0.4, 0.5) is 5.82 Å². The number of halogens is 1. The fraction of sp³-hybridized carbons (Fsp3) is 0.412. The van der Waals surface area contributed by atoms with Crippen molar-refractivity contribution in [3.63, 3.8) is 0 Å². The second-order valence-electron chi connectivity index (χ2n) is 6.62. The molecule has 3 aromatic heterocycles. The Labute approximate surface area is 164 Å². The van der Waals surface area contributed by atoms with Gasteiger partial charge in [-0.15, -0.1) is 0 Å². The zero-order valence-electron chi connectivity index (χ0n) is 14.6. The Morgan fingerprint density at radius 3 is 3.04 bits per heavy atom. The molecule has 5 heterocycles. The summed E-state index contributed by atoms with van der Waals surface area (Å²) in [7, 11) is 0. The molecule has 3 aromatic rings. The highest BCUT2D eigenvalue weighted by molar-refractivity contribution is 6.33.